The largest absolute Gasteiger partial charge is 0.421 e. The van der Waals surface area contributed by atoms with Crippen molar-refractivity contribution in [1.82, 2.24) is 9.62 Å². The quantitative estimate of drug-likeness (QED) is 0.494. The molecule has 0 aromatic heterocycles. The van der Waals surface area contributed by atoms with Gasteiger partial charge in [-0.2, -0.15) is 17.5 Å². The first-order valence-corrected chi connectivity index (χ1v) is 13.0. The van der Waals surface area contributed by atoms with Gasteiger partial charge in [0.25, 0.3) is 0 Å². The second-order valence-electron chi connectivity index (χ2n) is 8.98. The third-order valence-electron chi connectivity index (χ3n) is 6.46. The number of halogens is 3. The molecule has 34 heavy (non-hydrogen) atoms. The highest BCUT2D eigenvalue weighted by Gasteiger charge is 2.51. The number of benzene rings is 2. The molecule has 1 aliphatic heterocycles. The second-order valence-corrected chi connectivity index (χ2v) is 11.4. The van der Waals surface area contributed by atoms with E-state index in [1.807, 2.05) is 4.90 Å². The SMILES string of the molecule is C[C@](O)(c1ccc(N2CCN(S(=O)(=O)c3ccccc3S)C[C@@H]2CNC2CC2)cc1)C(F)(F)F. The van der Waals surface area contributed by atoms with Crippen LogP contribution in [0.5, 0.6) is 0 Å². The monoisotopic (exact) mass is 515 g/mol. The summed E-state index contributed by atoms with van der Waals surface area (Å²) in [7, 11) is -3.75. The van der Waals surface area contributed by atoms with E-state index in [0.29, 0.717) is 29.7 Å². The second kappa shape index (κ2) is 9.34. The van der Waals surface area contributed by atoms with Gasteiger partial charge < -0.3 is 15.3 Å². The standard InChI is InChI=1S/C23H28F3N3O3S2/c1-22(30,23(24,25)26)16-6-10-18(11-7-16)29-13-12-28(15-19(29)14-27-17-8-9-17)34(31,32)21-5-3-2-4-20(21)33/h2-7,10-11,17,19,27,30,33H,8-9,12-15H2,1H3/t19-,22-/m0/s1. The molecule has 6 nitrogen and oxygen atoms in total. The average Bonchev–Trinajstić information content (AvgIpc) is 3.61. The highest BCUT2D eigenvalue weighted by atomic mass is 32.2. The third kappa shape index (κ3) is 5.08. The number of anilines is 1. The first kappa shape index (κ1) is 25.3. The molecule has 4 rings (SSSR count). The Labute approximate surface area is 203 Å². The summed E-state index contributed by atoms with van der Waals surface area (Å²) in [4.78, 5) is 2.55. The van der Waals surface area contributed by atoms with E-state index in [9.17, 15) is 26.7 Å². The van der Waals surface area contributed by atoms with Crippen molar-refractivity contribution in [2.24, 2.45) is 0 Å². The Bertz CT molecular complexity index is 1120. The van der Waals surface area contributed by atoms with Crippen LogP contribution in [0.4, 0.5) is 18.9 Å². The molecular weight excluding hydrogens is 487 g/mol. The number of hydrogen-bond donors (Lipinski definition) is 3. The van der Waals surface area contributed by atoms with E-state index >= 15 is 0 Å². The summed E-state index contributed by atoms with van der Waals surface area (Å²) < 4.78 is 67.7. The number of hydrogen-bond acceptors (Lipinski definition) is 6. The molecule has 186 valence electrons. The summed E-state index contributed by atoms with van der Waals surface area (Å²) in [6.45, 7) is 2.10. The Kier molecular flexibility index (Phi) is 6.96. The number of aliphatic hydroxyl groups is 1. The maximum Gasteiger partial charge on any atom is 0.421 e. The van der Waals surface area contributed by atoms with E-state index in [1.165, 1.54) is 22.5 Å². The molecule has 1 saturated carbocycles. The molecule has 2 aliphatic rings. The maximum absolute atomic E-state index is 13.3. The predicted octanol–water partition coefficient (Wildman–Crippen LogP) is 3.38. The Balaban J connectivity index is 1.57. The molecular formula is C23H28F3N3O3S2. The van der Waals surface area contributed by atoms with Crippen LogP contribution in [0.3, 0.4) is 0 Å². The van der Waals surface area contributed by atoms with E-state index in [4.69, 9.17) is 0 Å². The zero-order valence-electron chi connectivity index (χ0n) is 18.7. The molecule has 2 atom stereocenters. The Morgan fingerprint density at radius 2 is 1.74 bits per heavy atom. The molecule has 0 bridgehead atoms. The fraction of sp³-hybridized carbons (Fsp3) is 0.478. The van der Waals surface area contributed by atoms with Crippen LogP contribution in [0.25, 0.3) is 0 Å². The lowest BCUT2D eigenvalue weighted by atomic mass is 9.95. The molecule has 2 N–H and O–H groups in total. The van der Waals surface area contributed by atoms with E-state index in [2.05, 4.69) is 17.9 Å². The highest BCUT2D eigenvalue weighted by Crippen LogP contribution is 2.39. The van der Waals surface area contributed by atoms with Crippen LogP contribution in [-0.2, 0) is 15.6 Å². The predicted molar refractivity (Wildman–Crippen MR) is 127 cm³/mol. The van der Waals surface area contributed by atoms with Gasteiger partial charge in [0.15, 0.2) is 5.60 Å². The molecule has 0 radical (unpaired) electrons. The smallest absolute Gasteiger partial charge is 0.376 e. The molecule has 1 heterocycles. The van der Waals surface area contributed by atoms with E-state index in [1.54, 1.807) is 30.3 Å². The van der Waals surface area contributed by atoms with E-state index < -0.39 is 21.8 Å². The molecule has 2 aromatic carbocycles. The summed E-state index contributed by atoms with van der Waals surface area (Å²) in [5, 5.41) is 13.4. The molecule has 2 aromatic rings. The fourth-order valence-electron chi connectivity index (χ4n) is 4.11. The van der Waals surface area contributed by atoms with Gasteiger partial charge in [-0.25, -0.2) is 8.42 Å². The van der Waals surface area contributed by atoms with Crippen molar-refractivity contribution in [3.05, 3.63) is 54.1 Å². The van der Waals surface area contributed by atoms with Gasteiger partial charge in [-0.1, -0.05) is 24.3 Å². The van der Waals surface area contributed by atoms with E-state index in [-0.39, 0.29) is 29.6 Å². The van der Waals surface area contributed by atoms with Crippen molar-refractivity contribution in [3.63, 3.8) is 0 Å². The first-order chi connectivity index (χ1) is 15.9. The maximum atomic E-state index is 13.3. The van der Waals surface area contributed by atoms with Gasteiger partial charge in [-0.05, 0) is 49.6 Å². The van der Waals surface area contributed by atoms with Crippen LogP contribution in [0.15, 0.2) is 58.3 Å². The number of nitrogens with one attached hydrogen (secondary N) is 1. The summed E-state index contributed by atoms with van der Waals surface area (Å²) in [5.41, 5.74) is -2.52. The van der Waals surface area contributed by atoms with Gasteiger partial charge in [-0.3, -0.25) is 0 Å². The summed E-state index contributed by atoms with van der Waals surface area (Å²) in [6, 6.07) is 12.4. The molecule has 1 saturated heterocycles. The molecule has 11 heteroatoms. The lowest BCUT2D eigenvalue weighted by Crippen LogP contribution is -2.58. The molecule has 0 spiro atoms. The lowest BCUT2D eigenvalue weighted by molar-refractivity contribution is -0.258. The summed E-state index contributed by atoms with van der Waals surface area (Å²) >= 11 is 4.31. The zero-order chi connectivity index (χ0) is 24.7. The molecule has 1 aliphatic carbocycles. The lowest BCUT2D eigenvalue weighted by Gasteiger charge is -2.42. The minimum atomic E-state index is -4.80. The van der Waals surface area contributed by atoms with Gasteiger partial charge in [0.05, 0.1) is 10.9 Å². The molecule has 0 unspecified atom stereocenters. The van der Waals surface area contributed by atoms with Crippen molar-refractivity contribution in [1.29, 1.82) is 0 Å². The van der Waals surface area contributed by atoms with Gasteiger partial charge in [-0.15, -0.1) is 12.6 Å². The van der Waals surface area contributed by atoms with Crippen molar-refractivity contribution in [3.8, 4) is 0 Å². The minimum absolute atomic E-state index is 0.152. The zero-order valence-corrected chi connectivity index (χ0v) is 20.4. The average molecular weight is 516 g/mol. The van der Waals surface area contributed by atoms with Gasteiger partial charge >= 0.3 is 6.18 Å². The van der Waals surface area contributed by atoms with Gasteiger partial charge in [0.1, 0.15) is 0 Å². The number of piperazine rings is 1. The Morgan fingerprint density at radius 1 is 1.09 bits per heavy atom. The summed E-state index contributed by atoms with van der Waals surface area (Å²) in [6.07, 6.45) is -2.65. The van der Waals surface area contributed by atoms with Crippen LogP contribution in [0.1, 0.15) is 25.3 Å². The number of sulfonamides is 1. The molecule has 0 amide bonds. The van der Waals surface area contributed by atoms with Crippen LogP contribution in [0.2, 0.25) is 0 Å². The normalized spacial score (nSPS) is 21.9. The van der Waals surface area contributed by atoms with E-state index in [0.717, 1.165) is 19.8 Å². The van der Waals surface area contributed by atoms with Crippen molar-refractivity contribution in [2.75, 3.05) is 31.1 Å². The number of thiol groups is 1. The Hall–Kier alpha value is -1.79. The van der Waals surface area contributed by atoms with Gasteiger partial charge in [0.2, 0.25) is 10.0 Å². The van der Waals surface area contributed by atoms with Crippen LogP contribution in [0, 0.1) is 0 Å². The van der Waals surface area contributed by atoms with Gasteiger partial charge in [0, 0.05) is 42.8 Å². The topological polar surface area (TPSA) is 72.9 Å². The number of rotatable bonds is 7. The minimum Gasteiger partial charge on any atom is -0.376 e. The molecule has 2 fully saturated rings. The van der Waals surface area contributed by atoms with Crippen molar-refractivity contribution < 1.29 is 26.7 Å². The highest BCUT2D eigenvalue weighted by molar-refractivity contribution is 7.90. The van der Waals surface area contributed by atoms with Crippen LogP contribution >= 0.6 is 12.6 Å². The van der Waals surface area contributed by atoms with Crippen LogP contribution < -0.4 is 10.2 Å². The van der Waals surface area contributed by atoms with Crippen molar-refractivity contribution >= 4 is 28.3 Å². The first-order valence-electron chi connectivity index (χ1n) is 11.1. The number of alkyl halides is 3. The summed E-state index contributed by atoms with van der Waals surface area (Å²) in [5.74, 6) is 0. The van der Waals surface area contributed by atoms with Crippen LogP contribution in [-0.4, -0.2) is 62.3 Å². The third-order valence-corrected chi connectivity index (χ3v) is 8.93. The Morgan fingerprint density at radius 3 is 2.32 bits per heavy atom. The number of nitrogens with zero attached hydrogens (tertiary/aromatic N) is 2. The fourth-order valence-corrected chi connectivity index (χ4v) is 6.16. The van der Waals surface area contributed by atoms with Crippen molar-refractivity contribution in [2.45, 2.75) is 53.4 Å².